The Balaban J connectivity index is 2.41. The van der Waals surface area contributed by atoms with Crippen LogP contribution in [0.15, 0.2) is 24.5 Å². The van der Waals surface area contributed by atoms with Crippen molar-refractivity contribution >= 4 is 0 Å². The SMILES string of the molecule is CCCN(C)CC#Cc1cccnc1. The molecule has 0 amide bonds. The lowest BCUT2D eigenvalue weighted by Crippen LogP contribution is -2.19. The van der Waals surface area contributed by atoms with Crippen LogP contribution < -0.4 is 0 Å². The summed E-state index contributed by atoms with van der Waals surface area (Å²) in [7, 11) is 2.08. The molecular weight excluding hydrogens is 172 g/mol. The quantitative estimate of drug-likeness (QED) is 0.672. The minimum absolute atomic E-state index is 0.822. The molecule has 0 aromatic carbocycles. The highest BCUT2D eigenvalue weighted by atomic mass is 15.1. The fourth-order valence-electron chi connectivity index (χ4n) is 1.17. The zero-order chi connectivity index (χ0) is 10.2. The van der Waals surface area contributed by atoms with Crippen molar-refractivity contribution in [2.75, 3.05) is 20.1 Å². The van der Waals surface area contributed by atoms with Crippen molar-refractivity contribution in [2.24, 2.45) is 0 Å². The zero-order valence-electron chi connectivity index (χ0n) is 8.83. The Labute approximate surface area is 86.0 Å². The molecule has 0 fully saturated rings. The van der Waals surface area contributed by atoms with Crippen LogP contribution in [0.3, 0.4) is 0 Å². The summed E-state index contributed by atoms with van der Waals surface area (Å²) in [4.78, 5) is 6.21. The zero-order valence-corrected chi connectivity index (χ0v) is 8.83. The third-order valence-corrected chi connectivity index (χ3v) is 1.85. The van der Waals surface area contributed by atoms with Crippen LogP contribution in [-0.4, -0.2) is 30.0 Å². The lowest BCUT2D eigenvalue weighted by molar-refractivity contribution is 0.376. The Bertz CT molecular complexity index is 308. The van der Waals surface area contributed by atoms with Crippen molar-refractivity contribution in [1.82, 2.24) is 9.88 Å². The maximum Gasteiger partial charge on any atom is 0.0602 e. The first-order chi connectivity index (χ1) is 6.83. The minimum Gasteiger partial charge on any atom is -0.295 e. The van der Waals surface area contributed by atoms with Crippen LogP contribution in [0.1, 0.15) is 18.9 Å². The minimum atomic E-state index is 0.822. The highest BCUT2D eigenvalue weighted by Gasteiger charge is 1.90. The fraction of sp³-hybridized carbons (Fsp3) is 0.417. The van der Waals surface area contributed by atoms with Gasteiger partial charge in [0.25, 0.3) is 0 Å². The van der Waals surface area contributed by atoms with E-state index in [0.29, 0.717) is 0 Å². The standard InChI is InChI=1S/C12H16N2/c1-3-9-14(2)10-5-7-12-6-4-8-13-11-12/h4,6,8,11H,3,9-10H2,1-2H3. The Kier molecular flexibility index (Phi) is 4.74. The predicted molar refractivity (Wildman–Crippen MR) is 58.9 cm³/mol. The summed E-state index contributed by atoms with van der Waals surface area (Å²) in [6, 6.07) is 3.87. The van der Waals surface area contributed by atoms with Gasteiger partial charge in [0, 0.05) is 18.0 Å². The number of aromatic nitrogens is 1. The van der Waals surface area contributed by atoms with Crippen LogP contribution in [0.25, 0.3) is 0 Å². The molecule has 0 spiro atoms. The third kappa shape index (κ3) is 4.06. The molecule has 2 heteroatoms. The van der Waals surface area contributed by atoms with Gasteiger partial charge in [-0.25, -0.2) is 0 Å². The largest absolute Gasteiger partial charge is 0.295 e. The Morgan fingerprint density at radius 3 is 3.00 bits per heavy atom. The van der Waals surface area contributed by atoms with E-state index in [1.165, 1.54) is 6.42 Å². The summed E-state index contributed by atoms with van der Waals surface area (Å²) in [6.07, 6.45) is 4.71. The summed E-state index contributed by atoms with van der Waals surface area (Å²) in [6.45, 7) is 4.09. The van der Waals surface area contributed by atoms with E-state index in [-0.39, 0.29) is 0 Å². The molecule has 0 aliphatic carbocycles. The maximum atomic E-state index is 4.00. The molecule has 0 saturated heterocycles. The Morgan fingerprint density at radius 1 is 1.50 bits per heavy atom. The molecule has 0 N–H and O–H groups in total. The topological polar surface area (TPSA) is 16.1 Å². The van der Waals surface area contributed by atoms with Gasteiger partial charge in [0.15, 0.2) is 0 Å². The molecule has 1 rings (SSSR count). The number of hydrogen-bond acceptors (Lipinski definition) is 2. The molecule has 0 saturated carbocycles. The molecule has 14 heavy (non-hydrogen) atoms. The molecule has 0 aliphatic heterocycles. The van der Waals surface area contributed by atoms with Crippen LogP contribution >= 0.6 is 0 Å². The maximum absolute atomic E-state index is 4.00. The summed E-state index contributed by atoms with van der Waals surface area (Å²) in [5, 5.41) is 0. The second-order valence-electron chi connectivity index (χ2n) is 3.28. The van der Waals surface area contributed by atoms with E-state index >= 15 is 0 Å². The fourth-order valence-corrected chi connectivity index (χ4v) is 1.17. The first kappa shape index (κ1) is 10.7. The van der Waals surface area contributed by atoms with Gasteiger partial charge >= 0.3 is 0 Å². The van der Waals surface area contributed by atoms with E-state index in [0.717, 1.165) is 18.7 Å². The van der Waals surface area contributed by atoms with Crippen molar-refractivity contribution < 1.29 is 0 Å². The number of hydrogen-bond donors (Lipinski definition) is 0. The number of nitrogens with zero attached hydrogens (tertiary/aromatic N) is 2. The molecule has 0 unspecified atom stereocenters. The predicted octanol–water partition coefficient (Wildman–Crippen LogP) is 1.77. The van der Waals surface area contributed by atoms with E-state index in [9.17, 15) is 0 Å². The number of pyridine rings is 1. The summed E-state index contributed by atoms with van der Waals surface area (Å²) in [5.74, 6) is 6.20. The normalized spacial score (nSPS) is 9.64. The van der Waals surface area contributed by atoms with Crippen LogP contribution in [0.2, 0.25) is 0 Å². The van der Waals surface area contributed by atoms with E-state index in [4.69, 9.17) is 0 Å². The number of rotatable bonds is 3. The van der Waals surface area contributed by atoms with Gasteiger partial charge in [-0.05, 0) is 32.1 Å². The van der Waals surface area contributed by atoms with Crippen molar-refractivity contribution in [2.45, 2.75) is 13.3 Å². The molecule has 0 atom stereocenters. The van der Waals surface area contributed by atoms with Crippen molar-refractivity contribution in [3.05, 3.63) is 30.1 Å². The Hall–Kier alpha value is -1.33. The molecule has 0 radical (unpaired) electrons. The molecule has 0 aliphatic rings. The second kappa shape index (κ2) is 6.17. The van der Waals surface area contributed by atoms with Crippen LogP contribution in [0.5, 0.6) is 0 Å². The van der Waals surface area contributed by atoms with Gasteiger partial charge < -0.3 is 0 Å². The summed E-state index contributed by atoms with van der Waals surface area (Å²) in [5.41, 5.74) is 0.984. The van der Waals surface area contributed by atoms with E-state index in [1.807, 2.05) is 12.1 Å². The van der Waals surface area contributed by atoms with Gasteiger partial charge in [-0.1, -0.05) is 18.8 Å². The molecule has 0 bridgehead atoms. The van der Waals surface area contributed by atoms with Gasteiger partial charge in [0.05, 0.1) is 6.54 Å². The highest BCUT2D eigenvalue weighted by Crippen LogP contribution is 1.91. The van der Waals surface area contributed by atoms with Gasteiger partial charge in [0.1, 0.15) is 0 Å². The molecule has 1 aromatic heterocycles. The molecule has 1 aromatic rings. The highest BCUT2D eigenvalue weighted by molar-refractivity contribution is 5.31. The van der Waals surface area contributed by atoms with Crippen LogP contribution in [0, 0.1) is 11.8 Å². The van der Waals surface area contributed by atoms with E-state index in [2.05, 4.69) is 35.7 Å². The first-order valence-corrected chi connectivity index (χ1v) is 4.90. The smallest absolute Gasteiger partial charge is 0.0602 e. The van der Waals surface area contributed by atoms with Crippen LogP contribution in [-0.2, 0) is 0 Å². The lowest BCUT2D eigenvalue weighted by Gasteiger charge is -2.09. The molecule has 1 heterocycles. The first-order valence-electron chi connectivity index (χ1n) is 4.90. The van der Waals surface area contributed by atoms with Gasteiger partial charge in [0.2, 0.25) is 0 Å². The van der Waals surface area contributed by atoms with Crippen LogP contribution in [0.4, 0.5) is 0 Å². The Morgan fingerprint density at radius 2 is 2.36 bits per heavy atom. The summed E-state index contributed by atoms with van der Waals surface area (Å²) < 4.78 is 0. The van der Waals surface area contributed by atoms with E-state index in [1.54, 1.807) is 12.4 Å². The average molecular weight is 188 g/mol. The van der Waals surface area contributed by atoms with Crippen molar-refractivity contribution in [3.63, 3.8) is 0 Å². The molecular formula is C12H16N2. The van der Waals surface area contributed by atoms with Crippen molar-refractivity contribution in [3.8, 4) is 11.8 Å². The second-order valence-corrected chi connectivity index (χ2v) is 3.28. The van der Waals surface area contributed by atoms with Gasteiger partial charge in [-0.3, -0.25) is 9.88 Å². The summed E-state index contributed by atoms with van der Waals surface area (Å²) >= 11 is 0. The van der Waals surface area contributed by atoms with Crippen molar-refractivity contribution in [1.29, 1.82) is 0 Å². The van der Waals surface area contributed by atoms with Gasteiger partial charge in [-0.2, -0.15) is 0 Å². The third-order valence-electron chi connectivity index (χ3n) is 1.85. The average Bonchev–Trinajstić information content (AvgIpc) is 2.20. The molecule has 2 nitrogen and oxygen atoms in total. The van der Waals surface area contributed by atoms with E-state index < -0.39 is 0 Å². The monoisotopic (exact) mass is 188 g/mol. The van der Waals surface area contributed by atoms with Gasteiger partial charge in [-0.15, -0.1) is 0 Å². The molecule has 74 valence electrons. The lowest BCUT2D eigenvalue weighted by atomic mass is 10.3.